The number of aromatic nitrogens is 3. The third kappa shape index (κ3) is 3.48. The second kappa shape index (κ2) is 7.82. The number of fused-ring (bicyclic) bond motifs is 1. The van der Waals surface area contributed by atoms with Crippen LogP contribution in [0.5, 0.6) is 5.75 Å². The number of carbonyl (C=O) groups is 1. The number of ether oxygens (including phenoxy) is 1. The molecule has 6 nitrogen and oxygen atoms in total. The van der Waals surface area contributed by atoms with E-state index in [2.05, 4.69) is 31.3 Å². The summed E-state index contributed by atoms with van der Waals surface area (Å²) in [6.07, 6.45) is 3.23. The molecule has 0 aliphatic carbocycles. The van der Waals surface area contributed by atoms with Crippen molar-refractivity contribution >= 4 is 27.5 Å². The number of benzene rings is 2. The minimum Gasteiger partial charge on any atom is -0.496 e. The molecule has 28 heavy (non-hydrogen) atoms. The number of nitrogens with one attached hydrogen (secondary N) is 1. The smallest absolute Gasteiger partial charge is 0.257 e. The van der Waals surface area contributed by atoms with Crippen LogP contribution >= 0.6 is 15.9 Å². The van der Waals surface area contributed by atoms with Crippen LogP contribution in [0.3, 0.4) is 0 Å². The van der Waals surface area contributed by atoms with E-state index in [9.17, 15) is 4.79 Å². The molecule has 4 aromatic rings. The lowest BCUT2D eigenvalue weighted by molar-refractivity contribution is 0.0952. The van der Waals surface area contributed by atoms with E-state index in [1.54, 1.807) is 24.0 Å². The zero-order valence-corrected chi connectivity index (χ0v) is 16.7. The highest BCUT2D eigenvalue weighted by molar-refractivity contribution is 9.10. The lowest BCUT2D eigenvalue weighted by atomic mass is 10.1. The van der Waals surface area contributed by atoms with E-state index >= 15 is 0 Å². The van der Waals surface area contributed by atoms with Gasteiger partial charge in [-0.1, -0.05) is 46.3 Å². The van der Waals surface area contributed by atoms with Crippen LogP contribution in [0.2, 0.25) is 0 Å². The quantitative estimate of drug-likeness (QED) is 0.511. The molecule has 0 radical (unpaired) electrons. The van der Waals surface area contributed by atoms with E-state index in [1.807, 2.05) is 54.6 Å². The molecule has 0 atom stereocenters. The van der Waals surface area contributed by atoms with Crippen molar-refractivity contribution in [3.05, 3.63) is 82.6 Å². The Bertz CT molecular complexity index is 1140. The maximum absolute atomic E-state index is 12.8. The summed E-state index contributed by atoms with van der Waals surface area (Å²) < 4.78 is 7.96. The summed E-state index contributed by atoms with van der Waals surface area (Å²) in [5, 5.41) is 7.30. The highest BCUT2D eigenvalue weighted by Gasteiger charge is 2.16. The lowest BCUT2D eigenvalue weighted by Crippen LogP contribution is -2.23. The van der Waals surface area contributed by atoms with Crippen LogP contribution in [0.1, 0.15) is 15.9 Å². The summed E-state index contributed by atoms with van der Waals surface area (Å²) in [6.45, 7) is 0.331. The van der Waals surface area contributed by atoms with Crippen LogP contribution in [0.25, 0.3) is 16.9 Å². The highest BCUT2D eigenvalue weighted by atomic mass is 79.9. The maximum Gasteiger partial charge on any atom is 0.257 e. The highest BCUT2D eigenvalue weighted by Crippen LogP contribution is 2.23. The van der Waals surface area contributed by atoms with Crippen molar-refractivity contribution in [3.8, 4) is 17.0 Å². The molecule has 140 valence electrons. The van der Waals surface area contributed by atoms with Gasteiger partial charge in [-0.2, -0.15) is 5.10 Å². The fourth-order valence-corrected chi connectivity index (χ4v) is 3.44. The molecule has 0 saturated heterocycles. The molecule has 0 aliphatic rings. The Morgan fingerprint density at radius 2 is 2.00 bits per heavy atom. The molecule has 2 aromatic heterocycles. The Kier molecular flexibility index (Phi) is 5.08. The average Bonchev–Trinajstić information content (AvgIpc) is 3.17. The van der Waals surface area contributed by atoms with E-state index in [0.29, 0.717) is 23.5 Å². The molecule has 4 rings (SSSR count). The van der Waals surface area contributed by atoms with Crippen LogP contribution in [-0.2, 0) is 6.54 Å². The van der Waals surface area contributed by atoms with Crippen molar-refractivity contribution in [1.29, 1.82) is 0 Å². The van der Waals surface area contributed by atoms with E-state index < -0.39 is 0 Å². The van der Waals surface area contributed by atoms with Gasteiger partial charge >= 0.3 is 0 Å². The van der Waals surface area contributed by atoms with E-state index in [-0.39, 0.29) is 5.91 Å². The molecule has 0 bridgehead atoms. The molecule has 0 fully saturated rings. The molecular formula is C21H17BrN4O2. The Morgan fingerprint density at radius 3 is 2.79 bits per heavy atom. The molecule has 2 heterocycles. The molecule has 0 aliphatic heterocycles. The Labute approximate surface area is 170 Å². The average molecular weight is 437 g/mol. The fraction of sp³-hybridized carbons (Fsp3) is 0.0952. The third-order valence-corrected chi connectivity index (χ3v) is 4.89. The molecule has 0 spiro atoms. The van der Waals surface area contributed by atoms with Crippen molar-refractivity contribution in [3.63, 3.8) is 0 Å². The summed E-state index contributed by atoms with van der Waals surface area (Å²) in [4.78, 5) is 17.1. The van der Waals surface area contributed by atoms with Gasteiger partial charge in [0, 0.05) is 28.3 Å². The predicted molar refractivity (Wildman–Crippen MR) is 110 cm³/mol. The molecule has 1 amide bonds. The number of methoxy groups -OCH3 is 1. The van der Waals surface area contributed by atoms with Gasteiger partial charge in [0.1, 0.15) is 11.3 Å². The summed E-state index contributed by atoms with van der Waals surface area (Å²) in [5.74, 6) is 0.475. The monoisotopic (exact) mass is 436 g/mol. The SMILES string of the molecule is COc1ccc(Br)cc1CNC(=O)c1cnn2c(-c3ccccc3)ccnc12. The van der Waals surface area contributed by atoms with Gasteiger partial charge in [0.15, 0.2) is 5.65 Å². The Hall–Kier alpha value is -3.19. The van der Waals surface area contributed by atoms with Crippen molar-refractivity contribution in [1.82, 2.24) is 19.9 Å². The molecule has 7 heteroatoms. The zero-order valence-electron chi connectivity index (χ0n) is 15.1. The number of rotatable bonds is 5. The number of nitrogens with zero attached hydrogens (tertiary/aromatic N) is 3. The minimum atomic E-state index is -0.241. The van der Waals surface area contributed by atoms with Crippen LogP contribution in [0, 0.1) is 0 Å². The molecular weight excluding hydrogens is 420 g/mol. The lowest BCUT2D eigenvalue weighted by Gasteiger charge is -2.10. The third-order valence-electron chi connectivity index (χ3n) is 4.40. The minimum absolute atomic E-state index is 0.241. The molecule has 2 aromatic carbocycles. The van der Waals surface area contributed by atoms with Crippen molar-refractivity contribution in [2.75, 3.05) is 7.11 Å². The number of hydrogen-bond donors (Lipinski definition) is 1. The van der Waals surface area contributed by atoms with Gasteiger partial charge in [-0.25, -0.2) is 9.50 Å². The van der Waals surface area contributed by atoms with Crippen molar-refractivity contribution in [2.24, 2.45) is 0 Å². The van der Waals surface area contributed by atoms with Gasteiger partial charge in [0.25, 0.3) is 5.91 Å². The molecule has 0 unspecified atom stereocenters. The summed E-state index contributed by atoms with van der Waals surface area (Å²) in [6, 6.07) is 17.4. The predicted octanol–water partition coefficient (Wildman–Crippen LogP) is 4.10. The molecule has 0 saturated carbocycles. The number of halogens is 1. The number of amides is 1. The van der Waals surface area contributed by atoms with Crippen LogP contribution in [0.4, 0.5) is 0 Å². The van der Waals surface area contributed by atoms with Crippen molar-refractivity contribution in [2.45, 2.75) is 6.54 Å². The summed E-state index contributed by atoms with van der Waals surface area (Å²) in [7, 11) is 1.61. The summed E-state index contributed by atoms with van der Waals surface area (Å²) in [5.41, 5.74) is 3.69. The topological polar surface area (TPSA) is 68.5 Å². The first-order valence-corrected chi connectivity index (χ1v) is 9.45. The Morgan fingerprint density at radius 1 is 1.18 bits per heavy atom. The zero-order chi connectivity index (χ0) is 19.5. The fourth-order valence-electron chi connectivity index (χ4n) is 3.04. The number of carbonyl (C=O) groups excluding carboxylic acids is 1. The van der Waals surface area contributed by atoms with Gasteiger partial charge in [-0.15, -0.1) is 0 Å². The first-order valence-electron chi connectivity index (χ1n) is 8.66. The van der Waals surface area contributed by atoms with E-state index in [1.165, 1.54) is 0 Å². The van der Waals surface area contributed by atoms with Crippen molar-refractivity contribution < 1.29 is 9.53 Å². The second-order valence-corrected chi connectivity index (χ2v) is 7.04. The van der Waals surface area contributed by atoms with Gasteiger partial charge in [-0.3, -0.25) is 4.79 Å². The van der Waals surface area contributed by atoms with Gasteiger partial charge in [0.05, 0.1) is 19.0 Å². The van der Waals surface area contributed by atoms with E-state index in [0.717, 1.165) is 21.3 Å². The summed E-state index contributed by atoms with van der Waals surface area (Å²) >= 11 is 3.44. The first kappa shape index (κ1) is 18.2. The van der Waals surface area contributed by atoms with Gasteiger partial charge in [-0.05, 0) is 24.3 Å². The normalized spacial score (nSPS) is 10.8. The number of hydrogen-bond acceptors (Lipinski definition) is 4. The first-order chi connectivity index (χ1) is 13.7. The van der Waals surface area contributed by atoms with Crippen LogP contribution in [-0.4, -0.2) is 27.6 Å². The largest absolute Gasteiger partial charge is 0.496 e. The standard InChI is InChI=1S/C21H17BrN4O2/c1-28-19-8-7-16(22)11-15(19)12-24-21(27)17-13-25-26-18(9-10-23-20(17)26)14-5-3-2-4-6-14/h2-11,13H,12H2,1H3,(H,24,27). The molecule has 1 N–H and O–H groups in total. The second-order valence-electron chi connectivity index (χ2n) is 6.13. The van der Waals surface area contributed by atoms with Gasteiger partial charge in [0.2, 0.25) is 0 Å². The van der Waals surface area contributed by atoms with Crippen LogP contribution in [0.15, 0.2) is 71.5 Å². The Balaban J connectivity index is 1.62. The maximum atomic E-state index is 12.8. The van der Waals surface area contributed by atoms with Crippen LogP contribution < -0.4 is 10.1 Å². The van der Waals surface area contributed by atoms with Gasteiger partial charge < -0.3 is 10.1 Å². The van der Waals surface area contributed by atoms with E-state index in [4.69, 9.17) is 4.74 Å².